The highest BCUT2D eigenvalue weighted by atomic mass is 79.9. The molecule has 3 atom stereocenters. The molecule has 1 heterocycles. The lowest BCUT2D eigenvalue weighted by atomic mass is 10.1. The van der Waals surface area contributed by atoms with Gasteiger partial charge in [0.2, 0.25) is 0 Å². The van der Waals surface area contributed by atoms with Crippen molar-refractivity contribution in [1.82, 2.24) is 5.32 Å². The zero-order valence-electron chi connectivity index (χ0n) is 11.3. The van der Waals surface area contributed by atoms with Crippen LogP contribution in [0.3, 0.4) is 0 Å². The van der Waals surface area contributed by atoms with Gasteiger partial charge in [-0.2, -0.15) is 0 Å². The number of β-amino-alcohol motifs (C(OH)–C–C–N with tert-alkyl or cyclic N) is 2. The zero-order chi connectivity index (χ0) is 14.0. The highest BCUT2D eigenvalue weighted by Crippen LogP contribution is 2.31. The van der Waals surface area contributed by atoms with E-state index in [9.17, 15) is 10.2 Å². The molecule has 1 aliphatic heterocycles. The van der Waals surface area contributed by atoms with E-state index in [-0.39, 0.29) is 6.04 Å². The Morgan fingerprint density at radius 2 is 2.00 bits per heavy atom. The van der Waals surface area contributed by atoms with E-state index in [1.807, 2.05) is 17.0 Å². The van der Waals surface area contributed by atoms with Gasteiger partial charge >= 0.3 is 0 Å². The Kier molecular flexibility index (Phi) is 4.84. The van der Waals surface area contributed by atoms with Gasteiger partial charge in [0.05, 0.1) is 12.2 Å². The lowest BCUT2D eigenvalue weighted by Gasteiger charge is -2.25. The summed E-state index contributed by atoms with van der Waals surface area (Å²) in [4.78, 5) is 2.05. The highest BCUT2D eigenvalue weighted by molar-refractivity contribution is 9.10. The Bertz CT molecular complexity index is 431. The van der Waals surface area contributed by atoms with E-state index in [4.69, 9.17) is 0 Å². The van der Waals surface area contributed by atoms with Gasteiger partial charge in [0.25, 0.3) is 0 Å². The normalized spacial score (nSPS) is 24.8. The highest BCUT2D eigenvalue weighted by Gasteiger charge is 2.31. The van der Waals surface area contributed by atoms with Gasteiger partial charge in [-0.15, -0.1) is 0 Å². The van der Waals surface area contributed by atoms with Crippen molar-refractivity contribution in [1.29, 1.82) is 0 Å². The van der Waals surface area contributed by atoms with E-state index >= 15 is 0 Å². The summed E-state index contributed by atoms with van der Waals surface area (Å²) in [5, 5.41) is 22.8. The van der Waals surface area contributed by atoms with Crippen LogP contribution in [-0.4, -0.2) is 42.1 Å². The predicted molar refractivity (Wildman–Crippen MR) is 80.5 cm³/mol. The molecule has 1 aromatic carbocycles. The number of hydrogen-bond acceptors (Lipinski definition) is 4. The molecular formula is C14H21BrN2O2. The molecule has 0 spiro atoms. The molecule has 106 valence electrons. The molecule has 0 amide bonds. The molecule has 0 bridgehead atoms. The molecule has 19 heavy (non-hydrogen) atoms. The Morgan fingerprint density at radius 3 is 2.58 bits per heavy atom. The van der Waals surface area contributed by atoms with Crippen molar-refractivity contribution < 1.29 is 10.2 Å². The zero-order valence-corrected chi connectivity index (χ0v) is 12.9. The van der Waals surface area contributed by atoms with Gasteiger partial charge in [0.15, 0.2) is 0 Å². The summed E-state index contributed by atoms with van der Waals surface area (Å²) in [6.07, 6.45) is -1.32. The quantitative estimate of drug-likeness (QED) is 0.786. The number of hydrogen-bond donors (Lipinski definition) is 3. The van der Waals surface area contributed by atoms with E-state index in [0.29, 0.717) is 13.1 Å². The van der Waals surface area contributed by atoms with Crippen LogP contribution in [0.25, 0.3) is 0 Å². The van der Waals surface area contributed by atoms with Crippen molar-refractivity contribution in [3.8, 4) is 0 Å². The maximum atomic E-state index is 9.70. The van der Waals surface area contributed by atoms with Gasteiger partial charge in [0.1, 0.15) is 0 Å². The first-order chi connectivity index (χ1) is 9.02. The number of benzene rings is 1. The van der Waals surface area contributed by atoms with Crippen molar-refractivity contribution in [3.05, 3.63) is 28.2 Å². The standard InChI is InChI=1S/C14H21BrN2O2/c1-3-16-9(2)11-6-10(15)4-5-12(11)17-7-13(18)14(19)8-17/h4-6,9,13-14,16,18-19H,3,7-8H2,1-2H3. The fourth-order valence-electron chi connectivity index (χ4n) is 2.54. The third-order valence-corrected chi connectivity index (χ3v) is 4.06. The summed E-state index contributed by atoms with van der Waals surface area (Å²) in [7, 11) is 0. The van der Waals surface area contributed by atoms with Gasteiger partial charge in [-0.25, -0.2) is 0 Å². The Balaban J connectivity index is 2.29. The second-order valence-electron chi connectivity index (χ2n) is 5.02. The summed E-state index contributed by atoms with van der Waals surface area (Å²) in [5.41, 5.74) is 2.25. The summed E-state index contributed by atoms with van der Waals surface area (Å²) < 4.78 is 1.04. The molecule has 0 aliphatic carbocycles. The average Bonchev–Trinajstić information content (AvgIpc) is 2.69. The van der Waals surface area contributed by atoms with Crippen molar-refractivity contribution in [3.63, 3.8) is 0 Å². The van der Waals surface area contributed by atoms with E-state index in [1.165, 1.54) is 5.56 Å². The number of aliphatic hydroxyl groups is 2. The molecule has 1 fully saturated rings. The molecule has 5 heteroatoms. The molecule has 3 unspecified atom stereocenters. The first kappa shape index (κ1) is 14.8. The van der Waals surface area contributed by atoms with Gasteiger partial charge in [0, 0.05) is 29.3 Å². The monoisotopic (exact) mass is 328 g/mol. The second-order valence-corrected chi connectivity index (χ2v) is 5.94. The Hall–Kier alpha value is -0.620. The third kappa shape index (κ3) is 3.28. The van der Waals surface area contributed by atoms with Crippen molar-refractivity contribution in [2.45, 2.75) is 32.1 Å². The number of aliphatic hydroxyl groups excluding tert-OH is 2. The van der Waals surface area contributed by atoms with Crippen LogP contribution < -0.4 is 10.2 Å². The van der Waals surface area contributed by atoms with E-state index in [2.05, 4.69) is 41.2 Å². The summed E-state index contributed by atoms with van der Waals surface area (Å²) >= 11 is 3.50. The van der Waals surface area contributed by atoms with Crippen LogP contribution in [-0.2, 0) is 0 Å². The Labute approximate surface area is 122 Å². The predicted octanol–water partition coefficient (Wildman–Crippen LogP) is 1.66. The SMILES string of the molecule is CCNC(C)c1cc(Br)ccc1N1CC(O)C(O)C1. The smallest absolute Gasteiger partial charge is 0.0990 e. The van der Waals surface area contributed by atoms with Crippen LogP contribution in [0, 0.1) is 0 Å². The lowest BCUT2D eigenvalue weighted by Crippen LogP contribution is -2.25. The number of anilines is 1. The molecular weight excluding hydrogens is 308 g/mol. The molecule has 4 nitrogen and oxygen atoms in total. The topological polar surface area (TPSA) is 55.7 Å². The first-order valence-electron chi connectivity index (χ1n) is 6.66. The van der Waals surface area contributed by atoms with Gasteiger partial charge in [-0.3, -0.25) is 0 Å². The van der Waals surface area contributed by atoms with Crippen LogP contribution in [0.1, 0.15) is 25.5 Å². The number of halogens is 1. The van der Waals surface area contributed by atoms with E-state index in [0.717, 1.165) is 16.7 Å². The lowest BCUT2D eigenvalue weighted by molar-refractivity contribution is 0.0572. The fourth-order valence-corrected chi connectivity index (χ4v) is 2.92. The maximum Gasteiger partial charge on any atom is 0.0990 e. The molecule has 1 aliphatic rings. The minimum absolute atomic E-state index is 0.229. The Morgan fingerprint density at radius 1 is 1.37 bits per heavy atom. The third-order valence-electron chi connectivity index (χ3n) is 3.57. The van der Waals surface area contributed by atoms with Crippen LogP contribution in [0.5, 0.6) is 0 Å². The average molecular weight is 329 g/mol. The van der Waals surface area contributed by atoms with Crippen LogP contribution in [0.15, 0.2) is 22.7 Å². The largest absolute Gasteiger partial charge is 0.389 e. The van der Waals surface area contributed by atoms with Gasteiger partial charge in [-0.1, -0.05) is 22.9 Å². The molecule has 0 aromatic heterocycles. The molecule has 0 saturated carbocycles. The molecule has 2 rings (SSSR count). The van der Waals surface area contributed by atoms with Crippen molar-refractivity contribution in [2.75, 3.05) is 24.5 Å². The second kappa shape index (κ2) is 6.22. The summed E-state index contributed by atoms with van der Waals surface area (Å²) in [6.45, 7) is 6.07. The van der Waals surface area contributed by atoms with Crippen molar-refractivity contribution in [2.24, 2.45) is 0 Å². The van der Waals surface area contributed by atoms with E-state index in [1.54, 1.807) is 0 Å². The summed E-state index contributed by atoms with van der Waals surface area (Å²) in [6, 6.07) is 6.36. The molecule has 3 N–H and O–H groups in total. The van der Waals surface area contributed by atoms with Gasteiger partial charge < -0.3 is 20.4 Å². The minimum Gasteiger partial charge on any atom is -0.389 e. The first-order valence-corrected chi connectivity index (χ1v) is 7.46. The molecule has 1 saturated heterocycles. The number of nitrogens with one attached hydrogen (secondary N) is 1. The minimum atomic E-state index is -0.661. The van der Waals surface area contributed by atoms with Crippen LogP contribution in [0.4, 0.5) is 5.69 Å². The number of nitrogens with zero attached hydrogens (tertiary/aromatic N) is 1. The molecule has 1 aromatic rings. The van der Waals surface area contributed by atoms with Crippen LogP contribution >= 0.6 is 15.9 Å². The maximum absolute atomic E-state index is 9.70. The fraction of sp³-hybridized carbons (Fsp3) is 0.571. The number of rotatable bonds is 4. The van der Waals surface area contributed by atoms with Gasteiger partial charge in [-0.05, 0) is 37.2 Å². The summed E-state index contributed by atoms with van der Waals surface area (Å²) in [5.74, 6) is 0. The van der Waals surface area contributed by atoms with E-state index < -0.39 is 12.2 Å². The molecule has 0 radical (unpaired) electrons. The van der Waals surface area contributed by atoms with Crippen molar-refractivity contribution >= 4 is 21.6 Å². The van der Waals surface area contributed by atoms with Crippen LogP contribution in [0.2, 0.25) is 0 Å².